The molecule has 0 radical (unpaired) electrons. The largest absolute Gasteiger partial charge is 0.494 e. The Hall–Kier alpha value is -3.13. The Morgan fingerprint density at radius 2 is 2.00 bits per heavy atom. The number of benzene rings is 1. The molecule has 8 nitrogen and oxygen atoms in total. The Kier molecular flexibility index (Phi) is 6.36. The van der Waals surface area contributed by atoms with Gasteiger partial charge in [-0.15, -0.1) is 10.2 Å². The van der Waals surface area contributed by atoms with Crippen LogP contribution in [0.2, 0.25) is 0 Å². The van der Waals surface area contributed by atoms with Crippen molar-refractivity contribution in [3.05, 3.63) is 65.1 Å². The van der Waals surface area contributed by atoms with Gasteiger partial charge in [0, 0.05) is 32.6 Å². The van der Waals surface area contributed by atoms with Crippen LogP contribution in [-0.4, -0.2) is 45.3 Å². The summed E-state index contributed by atoms with van der Waals surface area (Å²) >= 11 is 0. The number of hydrogen-bond acceptors (Lipinski definition) is 6. The van der Waals surface area contributed by atoms with Crippen LogP contribution in [0.1, 0.15) is 53.2 Å². The monoisotopic (exact) mass is 423 g/mol. The fraction of sp³-hybridized carbons (Fsp3) is 0.435. The summed E-state index contributed by atoms with van der Waals surface area (Å²) in [5.41, 5.74) is 1.81. The highest BCUT2D eigenvalue weighted by molar-refractivity contribution is 5.95. The molecule has 31 heavy (non-hydrogen) atoms. The highest BCUT2D eigenvalue weighted by atomic mass is 16.5. The van der Waals surface area contributed by atoms with E-state index in [0.29, 0.717) is 17.9 Å². The first kappa shape index (κ1) is 21.1. The number of furan rings is 1. The predicted octanol–water partition coefficient (Wildman–Crippen LogP) is 3.13. The Morgan fingerprint density at radius 1 is 1.19 bits per heavy atom. The number of ether oxygens (including phenoxy) is 1. The van der Waals surface area contributed by atoms with E-state index in [-0.39, 0.29) is 11.9 Å². The maximum atomic E-state index is 12.5. The van der Waals surface area contributed by atoms with Gasteiger partial charge in [-0.1, -0.05) is 12.1 Å². The molecule has 8 heteroatoms. The van der Waals surface area contributed by atoms with Crippen LogP contribution in [0, 0.1) is 6.92 Å². The van der Waals surface area contributed by atoms with Gasteiger partial charge in [0.1, 0.15) is 17.3 Å². The van der Waals surface area contributed by atoms with E-state index in [4.69, 9.17) is 9.15 Å². The quantitative estimate of drug-likeness (QED) is 0.628. The highest BCUT2D eigenvalue weighted by Crippen LogP contribution is 2.19. The van der Waals surface area contributed by atoms with E-state index in [1.165, 1.54) is 11.8 Å². The number of aromatic nitrogens is 3. The standard InChI is InChI=1S/C23H29N5O3/c1-4-30-19-7-5-18(6-8-19)15-27-11-9-21-25-26-22(28(21)13-12-27)16(2)24-23(29)20-10-14-31-17(20)3/h5-8,10,14,16H,4,9,11-13,15H2,1-3H3,(H,24,29)/t16-/m0/s1. The first-order valence-electron chi connectivity index (χ1n) is 10.8. The summed E-state index contributed by atoms with van der Waals surface area (Å²) in [7, 11) is 0. The molecule has 0 fully saturated rings. The second-order valence-corrected chi connectivity index (χ2v) is 7.81. The molecule has 3 aromatic rings. The summed E-state index contributed by atoms with van der Waals surface area (Å²) in [6.07, 6.45) is 2.35. The first-order valence-corrected chi connectivity index (χ1v) is 10.8. The zero-order valence-corrected chi connectivity index (χ0v) is 18.3. The Morgan fingerprint density at radius 3 is 2.71 bits per heavy atom. The van der Waals surface area contributed by atoms with Crippen molar-refractivity contribution in [3.63, 3.8) is 0 Å². The number of fused-ring (bicyclic) bond motifs is 1. The molecular weight excluding hydrogens is 394 g/mol. The van der Waals surface area contributed by atoms with Crippen molar-refractivity contribution in [3.8, 4) is 5.75 Å². The van der Waals surface area contributed by atoms with Gasteiger partial charge in [-0.25, -0.2) is 0 Å². The van der Waals surface area contributed by atoms with Crippen LogP contribution in [-0.2, 0) is 19.5 Å². The molecule has 0 spiro atoms. The third-order valence-electron chi connectivity index (χ3n) is 5.63. The van der Waals surface area contributed by atoms with Crippen molar-refractivity contribution in [2.75, 3.05) is 19.7 Å². The number of carbonyl (C=O) groups excluding carboxylic acids is 1. The number of nitrogens with one attached hydrogen (secondary N) is 1. The van der Waals surface area contributed by atoms with Crippen molar-refractivity contribution in [2.45, 2.75) is 46.3 Å². The van der Waals surface area contributed by atoms with Gasteiger partial charge in [0.15, 0.2) is 5.82 Å². The summed E-state index contributed by atoms with van der Waals surface area (Å²) in [5, 5.41) is 11.8. The third kappa shape index (κ3) is 4.80. The highest BCUT2D eigenvalue weighted by Gasteiger charge is 2.24. The first-order chi connectivity index (χ1) is 15.0. The van der Waals surface area contributed by atoms with Crippen molar-refractivity contribution in [1.82, 2.24) is 25.0 Å². The average molecular weight is 424 g/mol. The van der Waals surface area contributed by atoms with E-state index < -0.39 is 0 Å². The van der Waals surface area contributed by atoms with Crippen LogP contribution in [0.3, 0.4) is 0 Å². The molecule has 1 amide bonds. The van der Waals surface area contributed by atoms with E-state index in [1.807, 2.05) is 26.0 Å². The lowest BCUT2D eigenvalue weighted by atomic mass is 10.2. The Bertz CT molecular complexity index is 1020. The number of nitrogens with zero attached hydrogens (tertiary/aromatic N) is 4. The number of amides is 1. The molecule has 1 aromatic carbocycles. The molecule has 0 aliphatic carbocycles. The zero-order valence-electron chi connectivity index (χ0n) is 18.3. The summed E-state index contributed by atoms with van der Waals surface area (Å²) < 4.78 is 12.9. The van der Waals surface area contributed by atoms with Gasteiger partial charge in [0.25, 0.3) is 5.91 Å². The minimum atomic E-state index is -0.249. The van der Waals surface area contributed by atoms with Crippen LogP contribution in [0.5, 0.6) is 5.75 Å². The molecule has 0 saturated carbocycles. The minimum absolute atomic E-state index is 0.165. The van der Waals surface area contributed by atoms with Gasteiger partial charge in [0.05, 0.1) is 24.5 Å². The normalized spacial score (nSPS) is 15.2. The summed E-state index contributed by atoms with van der Waals surface area (Å²) in [4.78, 5) is 15.0. The number of rotatable bonds is 7. The van der Waals surface area contributed by atoms with Crippen LogP contribution in [0.4, 0.5) is 0 Å². The number of carbonyl (C=O) groups is 1. The molecule has 1 aliphatic rings. The smallest absolute Gasteiger partial charge is 0.255 e. The molecule has 4 rings (SSSR count). The van der Waals surface area contributed by atoms with Crippen LogP contribution >= 0.6 is 0 Å². The molecule has 1 aliphatic heterocycles. The lowest BCUT2D eigenvalue weighted by Crippen LogP contribution is -2.30. The maximum Gasteiger partial charge on any atom is 0.255 e. The van der Waals surface area contributed by atoms with E-state index in [0.717, 1.165) is 50.0 Å². The van der Waals surface area contributed by atoms with Gasteiger partial charge >= 0.3 is 0 Å². The molecule has 164 valence electrons. The second kappa shape index (κ2) is 9.34. The van der Waals surface area contributed by atoms with Gasteiger partial charge in [-0.05, 0) is 44.5 Å². The lowest BCUT2D eigenvalue weighted by molar-refractivity contribution is 0.0936. The third-order valence-corrected chi connectivity index (χ3v) is 5.63. The zero-order chi connectivity index (χ0) is 21.8. The molecule has 0 saturated heterocycles. The molecule has 0 bridgehead atoms. The maximum absolute atomic E-state index is 12.5. The van der Waals surface area contributed by atoms with Gasteiger partial charge < -0.3 is 19.0 Å². The fourth-order valence-corrected chi connectivity index (χ4v) is 3.94. The van der Waals surface area contributed by atoms with Crippen molar-refractivity contribution < 1.29 is 13.9 Å². The summed E-state index contributed by atoms with van der Waals surface area (Å²) in [6.45, 7) is 9.86. The predicted molar refractivity (Wildman–Crippen MR) is 116 cm³/mol. The van der Waals surface area contributed by atoms with Gasteiger partial charge in [-0.2, -0.15) is 0 Å². The lowest BCUT2D eigenvalue weighted by Gasteiger charge is -2.20. The van der Waals surface area contributed by atoms with Gasteiger partial charge in [0.2, 0.25) is 0 Å². The van der Waals surface area contributed by atoms with Crippen molar-refractivity contribution >= 4 is 5.91 Å². The topological polar surface area (TPSA) is 85.4 Å². The van der Waals surface area contributed by atoms with E-state index >= 15 is 0 Å². The molecule has 2 aromatic heterocycles. The average Bonchev–Trinajstić information content (AvgIpc) is 3.32. The van der Waals surface area contributed by atoms with Crippen molar-refractivity contribution in [1.29, 1.82) is 0 Å². The minimum Gasteiger partial charge on any atom is -0.494 e. The number of hydrogen-bond donors (Lipinski definition) is 1. The molecule has 3 heterocycles. The van der Waals surface area contributed by atoms with E-state index in [1.54, 1.807) is 13.0 Å². The SMILES string of the molecule is CCOc1ccc(CN2CCc3nnc([C@H](C)NC(=O)c4ccoc4C)n3CC2)cc1. The van der Waals surface area contributed by atoms with Crippen LogP contribution in [0.15, 0.2) is 41.0 Å². The molecular formula is C23H29N5O3. The summed E-state index contributed by atoms with van der Waals surface area (Å²) in [5.74, 6) is 3.09. The fourth-order valence-electron chi connectivity index (χ4n) is 3.94. The van der Waals surface area contributed by atoms with E-state index in [2.05, 4.69) is 37.1 Å². The Balaban J connectivity index is 1.39. The molecule has 1 atom stereocenters. The van der Waals surface area contributed by atoms with Gasteiger partial charge in [-0.3, -0.25) is 9.69 Å². The van der Waals surface area contributed by atoms with Crippen molar-refractivity contribution in [2.24, 2.45) is 0 Å². The van der Waals surface area contributed by atoms with Crippen LogP contribution < -0.4 is 10.1 Å². The molecule has 1 N–H and O–H groups in total. The van der Waals surface area contributed by atoms with Crippen LogP contribution in [0.25, 0.3) is 0 Å². The summed E-state index contributed by atoms with van der Waals surface area (Å²) in [6, 6.07) is 9.72. The Labute approximate surface area is 182 Å². The number of aryl methyl sites for hydroxylation is 1. The molecule has 0 unspecified atom stereocenters. The second-order valence-electron chi connectivity index (χ2n) is 7.81. The van der Waals surface area contributed by atoms with E-state index in [9.17, 15) is 4.79 Å².